The number of hydrogen-bond acceptors (Lipinski definition) is 5. The van der Waals surface area contributed by atoms with Crippen LogP contribution >= 0.6 is 19.0 Å². The van der Waals surface area contributed by atoms with Crippen LogP contribution in [0, 0.1) is 0 Å². The molecular weight excluding hydrogens is 373 g/mol. The zero-order valence-corrected chi connectivity index (χ0v) is 16.5. The van der Waals surface area contributed by atoms with Gasteiger partial charge in [0, 0.05) is 31.0 Å². The second-order valence-electron chi connectivity index (χ2n) is 5.86. The lowest BCUT2D eigenvalue weighted by atomic mass is 10.3. The van der Waals surface area contributed by atoms with Gasteiger partial charge in [0.25, 0.3) is 5.91 Å². The third-order valence-corrected chi connectivity index (χ3v) is 6.31. The first-order valence-corrected chi connectivity index (χ1v) is 10.4. The predicted molar refractivity (Wildman–Crippen MR) is 108 cm³/mol. The smallest absolute Gasteiger partial charge is 0.251 e. The second kappa shape index (κ2) is 9.19. The summed E-state index contributed by atoms with van der Waals surface area (Å²) >= 11 is 5.68. The van der Waals surface area contributed by atoms with Gasteiger partial charge in [-0.15, -0.1) is 11.6 Å². The van der Waals surface area contributed by atoms with Gasteiger partial charge in [-0.1, -0.05) is 18.2 Å². The van der Waals surface area contributed by atoms with E-state index in [9.17, 15) is 9.36 Å². The molecular formula is C18H23ClN3O3P. The summed E-state index contributed by atoms with van der Waals surface area (Å²) in [7, 11) is 0.379. The lowest BCUT2D eigenvalue weighted by molar-refractivity contribution is -0.116. The minimum absolute atomic E-state index is 0.0808. The minimum Gasteiger partial charge on any atom is -0.378 e. The second-order valence-corrected chi connectivity index (χ2v) is 8.68. The molecule has 1 amide bonds. The van der Waals surface area contributed by atoms with Crippen LogP contribution < -0.4 is 21.1 Å². The quantitative estimate of drug-likeness (QED) is 0.244. The van der Waals surface area contributed by atoms with Gasteiger partial charge in [0.2, 0.25) is 7.37 Å². The standard InChI is InChI=1S/C18H23ClN3O3P/c1-21(2)15-8-10-17(11-9-15)26(24,25-13-12-19)14-18(23)22(20)16-6-4-3-5-7-16/h3-11H,12-14,20H2,1-2H3. The van der Waals surface area contributed by atoms with Crippen molar-refractivity contribution in [2.75, 3.05) is 42.7 Å². The van der Waals surface area contributed by atoms with E-state index < -0.39 is 13.3 Å². The summed E-state index contributed by atoms with van der Waals surface area (Å²) in [5, 5.41) is 1.45. The van der Waals surface area contributed by atoms with Crippen molar-refractivity contribution in [3.8, 4) is 0 Å². The monoisotopic (exact) mass is 395 g/mol. The Hall–Kier alpha value is -1.85. The minimum atomic E-state index is -3.44. The fraction of sp³-hybridized carbons (Fsp3) is 0.278. The summed E-state index contributed by atoms with van der Waals surface area (Å²) in [6, 6.07) is 15.8. The van der Waals surface area contributed by atoms with Gasteiger partial charge < -0.3 is 9.42 Å². The number of benzene rings is 2. The molecule has 1 unspecified atom stereocenters. The van der Waals surface area contributed by atoms with Crippen LogP contribution in [-0.4, -0.2) is 38.7 Å². The van der Waals surface area contributed by atoms with Gasteiger partial charge in [0.05, 0.1) is 12.3 Å². The van der Waals surface area contributed by atoms with Gasteiger partial charge >= 0.3 is 0 Å². The largest absolute Gasteiger partial charge is 0.378 e. The van der Waals surface area contributed by atoms with Crippen LogP contribution in [0.2, 0.25) is 0 Å². The molecule has 2 aromatic carbocycles. The van der Waals surface area contributed by atoms with Crippen LogP contribution in [0.5, 0.6) is 0 Å². The number of nitrogens with two attached hydrogens (primary N) is 1. The molecule has 0 fully saturated rings. The zero-order valence-electron chi connectivity index (χ0n) is 14.8. The van der Waals surface area contributed by atoms with Crippen LogP contribution in [-0.2, 0) is 13.9 Å². The highest BCUT2D eigenvalue weighted by Gasteiger charge is 2.31. The van der Waals surface area contributed by atoms with Crippen molar-refractivity contribution in [1.29, 1.82) is 0 Å². The number of rotatable bonds is 8. The third-order valence-electron chi connectivity index (χ3n) is 3.78. The number of hydrazine groups is 1. The molecule has 0 bridgehead atoms. The molecule has 140 valence electrons. The van der Waals surface area contributed by atoms with E-state index in [1.807, 2.05) is 37.2 Å². The average Bonchev–Trinajstić information content (AvgIpc) is 2.66. The molecule has 0 saturated heterocycles. The Morgan fingerprint density at radius 1 is 1.08 bits per heavy atom. The summed E-state index contributed by atoms with van der Waals surface area (Å²) in [6.07, 6.45) is -0.337. The Morgan fingerprint density at radius 3 is 2.23 bits per heavy atom. The van der Waals surface area contributed by atoms with E-state index in [1.54, 1.807) is 36.4 Å². The maximum Gasteiger partial charge on any atom is 0.251 e. The number of carbonyl (C=O) groups excluding carboxylic acids is 1. The molecule has 2 aromatic rings. The van der Waals surface area contributed by atoms with Crippen LogP contribution in [0.4, 0.5) is 11.4 Å². The number of carbonyl (C=O) groups is 1. The van der Waals surface area contributed by atoms with Gasteiger partial charge in [-0.3, -0.25) is 9.36 Å². The number of halogens is 1. The van der Waals surface area contributed by atoms with Crippen LogP contribution in [0.25, 0.3) is 0 Å². The van der Waals surface area contributed by atoms with E-state index in [0.29, 0.717) is 11.0 Å². The summed E-state index contributed by atoms with van der Waals surface area (Å²) in [6.45, 7) is 0.0808. The van der Waals surface area contributed by atoms with E-state index in [2.05, 4.69) is 0 Å². The van der Waals surface area contributed by atoms with E-state index in [1.165, 1.54) is 0 Å². The fourth-order valence-corrected chi connectivity index (χ4v) is 4.46. The summed E-state index contributed by atoms with van der Waals surface area (Å²) in [5.41, 5.74) is 1.47. The van der Waals surface area contributed by atoms with E-state index in [-0.39, 0.29) is 18.6 Å². The molecule has 8 heteroatoms. The van der Waals surface area contributed by atoms with Gasteiger partial charge in [-0.05, 0) is 36.4 Å². The number of nitrogens with zero attached hydrogens (tertiary/aromatic N) is 2. The first-order valence-electron chi connectivity index (χ1n) is 8.07. The van der Waals surface area contributed by atoms with Crippen LogP contribution in [0.1, 0.15) is 0 Å². The number of para-hydroxylation sites is 1. The van der Waals surface area contributed by atoms with E-state index in [4.69, 9.17) is 22.0 Å². The Balaban J connectivity index is 2.25. The Kier molecular flexibility index (Phi) is 7.23. The van der Waals surface area contributed by atoms with Gasteiger partial charge in [-0.2, -0.15) is 0 Å². The number of hydrogen-bond donors (Lipinski definition) is 1. The molecule has 1 atom stereocenters. The predicted octanol–water partition coefficient (Wildman–Crippen LogP) is 2.82. The van der Waals surface area contributed by atoms with Crippen molar-refractivity contribution in [3.63, 3.8) is 0 Å². The molecule has 0 aliphatic carbocycles. The molecule has 0 spiro atoms. The molecule has 0 saturated carbocycles. The summed E-state index contributed by atoms with van der Waals surface area (Å²) in [4.78, 5) is 14.5. The van der Waals surface area contributed by atoms with Crippen molar-refractivity contribution in [1.82, 2.24) is 0 Å². The molecule has 6 nitrogen and oxygen atoms in total. The zero-order chi connectivity index (χ0) is 19.2. The number of amides is 1. The topological polar surface area (TPSA) is 75.9 Å². The lowest BCUT2D eigenvalue weighted by Crippen LogP contribution is -2.40. The Morgan fingerprint density at radius 2 is 1.69 bits per heavy atom. The first-order chi connectivity index (χ1) is 12.4. The fourth-order valence-electron chi connectivity index (χ4n) is 2.36. The first kappa shape index (κ1) is 20.5. The van der Waals surface area contributed by atoms with Crippen molar-refractivity contribution in [2.45, 2.75) is 0 Å². The molecule has 0 radical (unpaired) electrons. The number of anilines is 2. The molecule has 0 aliphatic heterocycles. The Bertz CT molecular complexity index is 769. The number of alkyl halides is 1. The van der Waals surface area contributed by atoms with Crippen molar-refractivity contribution in [2.24, 2.45) is 5.84 Å². The highest BCUT2D eigenvalue weighted by molar-refractivity contribution is 7.67. The summed E-state index contributed by atoms with van der Waals surface area (Å²) in [5.74, 6) is 5.58. The van der Waals surface area contributed by atoms with Crippen LogP contribution in [0.3, 0.4) is 0 Å². The van der Waals surface area contributed by atoms with Crippen LogP contribution in [0.15, 0.2) is 54.6 Å². The lowest BCUT2D eigenvalue weighted by Gasteiger charge is -2.22. The molecule has 0 aromatic heterocycles. The molecule has 0 aliphatic rings. The normalized spacial score (nSPS) is 13.1. The molecule has 2 N–H and O–H groups in total. The van der Waals surface area contributed by atoms with E-state index >= 15 is 0 Å². The highest BCUT2D eigenvalue weighted by atomic mass is 35.5. The van der Waals surface area contributed by atoms with E-state index in [0.717, 1.165) is 10.7 Å². The molecule has 0 heterocycles. The molecule has 2 rings (SSSR count). The van der Waals surface area contributed by atoms with Gasteiger partial charge in [0.1, 0.15) is 6.16 Å². The van der Waals surface area contributed by atoms with Crippen molar-refractivity contribution in [3.05, 3.63) is 54.6 Å². The Labute approximate surface area is 158 Å². The van der Waals surface area contributed by atoms with Crippen molar-refractivity contribution >= 4 is 41.6 Å². The van der Waals surface area contributed by atoms with Crippen molar-refractivity contribution < 1.29 is 13.9 Å². The molecule has 26 heavy (non-hydrogen) atoms. The third kappa shape index (κ3) is 5.08. The van der Waals surface area contributed by atoms with Gasteiger partial charge in [0.15, 0.2) is 0 Å². The highest BCUT2D eigenvalue weighted by Crippen LogP contribution is 2.46. The maximum atomic E-state index is 13.4. The maximum absolute atomic E-state index is 13.4. The SMILES string of the molecule is CN(C)c1ccc(P(=O)(CC(=O)N(N)c2ccccc2)OCCCl)cc1. The summed E-state index contributed by atoms with van der Waals surface area (Å²) < 4.78 is 18.9. The average molecular weight is 396 g/mol. The van der Waals surface area contributed by atoms with Gasteiger partial charge in [-0.25, -0.2) is 10.9 Å².